The number of hydrogen-bond donors (Lipinski definition) is 0. The van der Waals surface area contributed by atoms with E-state index in [0.717, 1.165) is 38.3 Å². The van der Waals surface area contributed by atoms with Gasteiger partial charge in [-0.15, -0.1) is 0 Å². The summed E-state index contributed by atoms with van der Waals surface area (Å²) in [6, 6.07) is 19.2. The van der Waals surface area contributed by atoms with E-state index >= 15 is 0 Å². The van der Waals surface area contributed by atoms with Crippen LogP contribution >= 0.6 is 0 Å². The van der Waals surface area contributed by atoms with Gasteiger partial charge in [0.25, 0.3) is 5.91 Å². The zero-order chi connectivity index (χ0) is 32.0. The van der Waals surface area contributed by atoms with Crippen LogP contribution in [0.5, 0.6) is 5.75 Å². The molecule has 3 aromatic carbocycles. The van der Waals surface area contributed by atoms with E-state index in [1.807, 2.05) is 44.2 Å². The van der Waals surface area contributed by atoms with Crippen LogP contribution in [0, 0.1) is 0 Å². The Balaban J connectivity index is 1.65. The first-order valence-corrected chi connectivity index (χ1v) is 18.0. The van der Waals surface area contributed by atoms with Gasteiger partial charge in [-0.25, -0.2) is 8.42 Å². The Morgan fingerprint density at radius 3 is 2.31 bits per heavy atom. The Labute approximate surface area is 269 Å². The topological polar surface area (TPSA) is 73.4 Å². The van der Waals surface area contributed by atoms with Crippen LogP contribution < -0.4 is 14.5 Å². The maximum Gasteiger partial charge on any atom is 0.255 e. The van der Waals surface area contributed by atoms with E-state index in [4.69, 9.17) is 4.74 Å². The normalized spacial score (nSPS) is 15.2. The number of carbonyl (C=O) groups excluding carboxylic acids is 1. The Hall–Kier alpha value is -3.56. The number of ether oxygens (including phenoxy) is 1. The second kappa shape index (κ2) is 14.7. The van der Waals surface area contributed by atoms with Crippen LogP contribution in [0.2, 0.25) is 0 Å². The molecule has 0 aliphatic carbocycles. The number of amides is 1. The third kappa shape index (κ3) is 7.47. The van der Waals surface area contributed by atoms with E-state index in [1.54, 1.807) is 24.1 Å². The summed E-state index contributed by atoms with van der Waals surface area (Å²) in [5.41, 5.74) is 5.06. The molecule has 2 aliphatic rings. The number of hydrogen-bond acceptors (Lipinski definition) is 7. The molecule has 0 atom stereocenters. The SMILES string of the molecule is CCN(CC)C(=O)c1cc(S(=O)(=O)Cc2cccc(OC)c2)c(N2CCc3ccccc3C2)cc1N(CC)CCN1CCCC1. The predicted octanol–water partition coefficient (Wildman–Crippen LogP) is 5.64. The lowest BCUT2D eigenvalue weighted by atomic mass is 9.99. The number of sulfone groups is 1. The summed E-state index contributed by atoms with van der Waals surface area (Å²) in [6.07, 6.45) is 3.27. The molecule has 0 aromatic heterocycles. The molecule has 0 unspecified atom stereocenters. The molecule has 45 heavy (non-hydrogen) atoms. The van der Waals surface area contributed by atoms with Crippen LogP contribution in [-0.4, -0.2) is 83.6 Å². The second-order valence-corrected chi connectivity index (χ2v) is 14.0. The van der Waals surface area contributed by atoms with Crippen molar-refractivity contribution in [3.63, 3.8) is 0 Å². The van der Waals surface area contributed by atoms with Crippen molar-refractivity contribution in [2.24, 2.45) is 0 Å². The summed E-state index contributed by atoms with van der Waals surface area (Å²) in [4.78, 5) is 23.1. The lowest BCUT2D eigenvalue weighted by Crippen LogP contribution is -2.37. The molecule has 5 rings (SSSR count). The minimum atomic E-state index is -3.86. The second-order valence-electron chi connectivity index (χ2n) is 12.0. The van der Waals surface area contributed by atoms with Crippen molar-refractivity contribution in [1.29, 1.82) is 0 Å². The summed E-state index contributed by atoms with van der Waals surface area (Å²) >= 11 is 0. The molecule has 3 aromatic rings. The van der Waals surface area contributed by atoms with Gasteiger partial charge in [0.05, 0.1) is 34.7 Å². The fourth-order valence-corrected chi connectivity index (χ4v) is 8.22. The van der Waals surface area contributed by atoms with E-state index in [1.165, 1.54) is 24.0 Å². The van der Waals surface area contributed by atoms with Gasteiger partial charge in [-0.05, 0) is 94.1 Å². The monoisotopic (exact) mass is 632 g/mol. The number of fused-ring (bicyclic) bond motifs is 1. The third-order valence-corrected chi connectivity index (χ3v) is 11.0. The Morgan fingerprint density at radius 2 is 1.62 bits per heavy atom. The van der Waals surface area contributed by atoms with E-state index < -0.39 is 9.84 Å². The van der Waals surface area contributed by atoms with Crippen LogP contribution in [0.4, 0.5) is 11.4 Å². The lowest BCUT2D eigenvalue weighted by Gasteiger charge is -2.35. The zero-order valence-electron chi connectivity index (χ0n) is 27.3. The van der Waals surface area contributed by atoms with Crippen molar-refractivity contribution in [3.8, 4) is 5.75 Å². The predicted molar refractivity (Wildman–Crippen MR) is 182 cm³/mol. The van der Waals surface area contributed by atoms with Gasteiger partial charge in [0, 0.05) is 45.8 Å². The van der Waals surface area contributed by atoms with Crippen molar-refractivity contribution >= 4 is 27.1 Å². The van der Waals surface area contributed by atoms with Crippen LogP contribution in [0.1, 0.15) is 60.7 Å². The molecule has 0 saturated carbocycles. The molecule has 9 heteroatoms. The summed E-state index contributed by atoms with van der Waals surface area (Å²) in [5.74, 6) is 0.287. The minimum absolute atomic E-state index is 0.136. The van der Waals surface area contributed by atoms with Crippen molar-refractivity contribution in [2.75, 3.05) is 69.3 Å². The molecule has 8 nitrogen and oxygen atoms in total. The summed E-state index contributed by atoms with van der Waals surface area (Å²) in [5, 5.41) is 0. The number of likely N-dealkylation sites (N-methyl/N-ethyl adjacent to an activating group) is 1. The molecule has 2 heterocycles. The fourth-order valence-electron chi connectivity index (χ4n) is 6.65. The molecule has 0 spiro atoms. The Morgan fingerprint density at radius 1 is 0.889 bits per heavy atom. The van der Waals surface area contributed by atoms with Crippen molar-refractivity contribution in [2.45, 2.75) is 57.2 Å². The van der Waals surface area contributed by atoms with E-state index in [0.29, 0.717) is 55.3 Å². The average Bonchev–Trinajstić information content (AvgIpc) is 3.58. The number of likely N-dealkylation sites (tertiary alicyclic amines) is 1. The molecular weight excluding hydrogens is 584 g/mol. The quantitative estimate of drug-likeness (QED) is 0.242. The first-order chi connectivity index (χ1) is 21.8. The van der Waals surface area contributed by atoms with Crippen LogP contribution in [-0.2, 0) is 28.6 Å². The Bertz CT molecular complexity index is 1580. The van der Waals surface area contributed by atoms with Gasteiger partial charge in [-0.2, -0.15) is 0 Å². The maximum atomic E-state index is 14.4. The first kappa shape index (κ1) is 32.8. The van der Waals surface area contributed by atoms with Crippen LogP contribution in [0.15, 0.2) is 65.6 Å². The van der Waals surface area contributed by atoms with Gasteiger partial charge in [-0.3, -0.25) is 4.79 Å². The summed E-state index contributed by atoms with van der Waals surface area (Å²) in [7, 11) is -2.28. The smallest absolute Gasteiger partial charge is 0.255 e. The number of anilines is 2. The Kier molecular flexibility index (Phi) is 10.7. The highest BCUT2D eigenvalue weighted by molar-refractivity contribution is 7.90. The van der Waals surface area contributed by atoms with Gasteiger partial charge in [-0.1, -0.05) is 36.4 Å². The van der Waals surface area contributed by atoms with Gasteiger partial charge in [0.2, 0.25) is 0 Å². The number of benzene rings is 3. The molecule has 0 N–H and O–H groups in total. The van der Waals surface area contributed by atoms with Crippen LogP contribution in [0.25, 0.3) is 0 Å². The summed E-state index contributed by atoms with van der Waals surface area (Å²) < 4.78 is 34.2. The van der Waals surface area contributed by atoms with E-state index in [2.05, 4.69) is 39.8 Å². The highest BCUT2D eigenvalue weighted by Crippen LogP contribution is 2.38. The van der Waals surface area contributed by atoms with Gasteiger partial charge >= 0.3 is 0 Å². The van der Waals surface area contributed by atoms with Crippen molar-refractivity contribution in [3.05, 3.63) is 82.9 Å². The average molecular weight is 633 g/mol. The van der Waals surface area contributed by atoms with Gasteiger partial charge in [0.15, 0.2) is 9.84 Å². The van der Waals surface area contributed by atoms with Gasteiger partial charge in [0.1, 0.15) is 5.75 Å². The maximum absolute atomic E-state index is 14.4. The zero-order valence-corrected chi connectivity index (χ0v) is 28.1. The largest absolute Gasteiger partial charge is 0.497 e. The standard InChI is InChI=1S/C36H48N4O4S/c1-5-38(6-2)36(41)32-24-35(45(42,43)27-28-13-12-16-31(23-28)44-4)34(40-20-17-29-14-8-9-15-30(29)26-40)25-33(32)39(7-3)22-21-37-18-10-11-19-37/h8-9,12-16,23-25H,5-7,10-11,17-22,26-27H2,1-4H3. The summed E-state index contributed by atoms with van der Waals surface area (Å²) in [6.45, 7) is 13.0. The number of carbonyl (C=O) groups is 1. The van der Waals surface area contributed by atoms with Crippen LogP contribution in [0.3, 0.4) is 0 Å². The van der Waals surface area contributed by atoms with E-state index in [9.17, 15) is 13.2 Å². The molecule has 242 valence electrons. The lowest BCUT2D eigenvalue weighted by molar-refractivity contribution is 0.0773. The number of rotatable bonds is 13. The molecular formula is C36H48N4O4S. The van der Waals surface area contributed by atoms with Crippen molar-refractivity contribution in [1.82, 2.24) is 9.80 Å². The number of methoxy groups -OCH3 is 1. The van der Waals surface area contributed by atoms with Crippen molar-refractivity contribution < 1.29 is 17.9 Å². The first-order valence-electron chi connectivity index (χ1n) is 16.4. The molecule has 0 radical (unpaired) electrons. The molecule has 1 fully saturated rings. The number of nitrogens with zero attached hydrogens (tertiary/aromatic N) is 4. The molecule has 0 bridgehead atoms. The highest BCUT2D eigenvalue weighted by Gasteiger charge is 2.31. The highest BCUT2D eigenvalue weighted by atomic mass is 32.2. The minimum Gasteiger partial charge on any atom is -0.497 e. The third-order valence-electron chi connectivity index (χ3n) is 9.26. The molecule has 2 aliphatic heterocycles. The fraction of sp³-hybridized carbons (Fsp3) is 0.472. The van der Waals surface area contributed by atoms with Gasteiger partial charge < -0.3 is 24.3 Å². The molecule has 1 saturated heterocycles. The molecule has 1 amide bonds. The van der Waals surface area contributed by atoms with E-state index in [-0.39, 0.29) is 16.6 Å².